The van der Waals surface area contributed by atoms with Gasteiger partial charge in [-0.05, 0) is 26.3 Å². The standard InChI is InChI=1S/C16H26N2O3S/c1-16(2,3)18(22(5,20)21)12-11-15(19)17(4)13-14-9-7-6-8-10-14/h6-10H,11-13H2,1-5H3. The van der Waals surface area contributed by atoms with Crippen LogP contribution in [0.15, 0.2) is 30.3 Å². The van der Waals surface area contributed by atoms with E-state index in [1.54, 1.807) is 11.9 Å². The van der Waals surface area contributed by atoms with Crippen molar-refractivity contribution < 1.29 is 13.2 Å². The summed E-state index contributed by atoms with van der Waals surface area (Å²) in [6.07, 6.45) is 1.35. The van der Waals surface area contributed by atoms with Gasteiger partial charge in [0, 0.05) is 32.1 Å². The fraction of sp³-hybridized carbons (Fsp3) is 0.562. The summed E-state index contributed by atoms with van der Waals surface area (Å²) in [5.74, 6) is -0.0678. The third kappa shape index (κ3) is 5.77. The number of hydrogen-bond donors (Lipinski definition) is 0. The predicted octanol–water partition coefficient (Wildman–Crippen LogP) is 2.10. The van der Waals surface area contributed by atoms with Crippen molar-refractivity contribution in [1.82, 2.24) is 9.21 Å². The lowest BCUT2D eigenvalue weighted by molar-refractivity contribution is -0.130. The Kier molecular flexibility index (Phi) is 6.14. The van der Waals surface area contributed by atoms with Crippen molar-refractivity contribution in [3.63, 3.8) is 0 Å². The molecule has 6 heteroatoms. The predicted molar refractivity (Wildman–Crippen MR) is 88.8 cm³/mol. The molecule has 0 fully saturated rings. The molecule has 0 aliphatic carbocycles. The molecule has 22 heavy (non-hydrogen) atoms. The second-order valence-corrected chi connectivity index (χ2v) is 8.40. The van der Waals surface area contributed by atoms with Gasteiger partial charge in [-0.3, -0.25) is 4.79 Å². The fourth-order valence-corrected chi connectivity index (χ4v) is 3.75. The van der Waals surface area contributed by atoms with Gasteiger partial charge in [0.1, 0.15) is 0 Å². The van der Waals surface area contributed by atoms with Crippen LogP contribution in [0.4, 0.5) is 0 Å². The third-order valence-electron chi connectivity index (χ3n) is 3.37. The molecule has 0 unspecified atom stereocenters. The largest absolute Gasteiger partial charge is 0.341 e. The van der Waals surface area contributed by atoms with Crippen molar-refractivity contribution in [3.8, 4) is 0 Å². The Morgan fingerprint density at radius 1 is 1.14 bits per heavy atom. The molecule has 0 N–H and O–H groups in total. The first-order chi connectivity index (χ1) is 10.0. The molecule has 1 aromatic rings. The Labute approximate surface area is 134 Å². The number of benzene rings is 1. The lowest BCUT2D eigenvalue weighted by Gasteiger charge is -2.33. The third-order valence-corrected chi connectivity index (χ3v) is 4.90. The average Bonchev–Trinajstić information content (AvgIpc) is 2.36. The fourth-order valence-electron chi connectivity index (χ4n) is 2.33. The monoisotopic (exact) mass is 326 g/mol. The van der Waals surface area contributed by atoms with E-state index in [1.807, 2.05) is 51.1 Å². The van der Waals surface area contributed by atoms with Gasteiger partial charge < -0.3 is 4.90 Å². The van der Waals surface area contributed by atoms with Gasteiger partial charge in [0.05, 0.1) is 6.26 Å². The van der Waals surface area contributed by atoms with Crippen molar-refractivity contribution >= 4 is 15.9 Å². The molecule has 5 nitrogen and oxygen atoms in total. The van der Waals surface area contributed by atoms with Gasteiger partial charge in [-0.25, -0.2) is 8.42 Å². The summed E-state index contributed by atoms with van der Waals surface area (Å²) >= 11 is 0. The number of rotatable bonds is 6. The van der Waals surface area contributed by atoms with Crippen LogP contribution >= 0.6 is 0 Å². The first kappa shape index (κ1) is 18.6. The van der Waals surface area contributed by atoms with Crippen molar-refractivity contribution in [3.05, 3.63) is 35.9 Å². The first-order valence-electron chi connectivity index (χ1n) is 7.27. The van der Waals surface area contributed by atoms with Crippen molar-refractivity contribution in [2.75, 3.05) is 19.8 Å². The smallest absolute Gasteiger partial charge is 0.223 e. The average molecular weight is 326 g/mol. The zero-order valence-corrected chi connectivity index (χ0v) is 14.9. The Morgan fingerprint density at radius 3 is 2.14 bits per heavy atom. The minimum atomic E-state index is -3.34. The molecule has 0 atom stereocenters. The van der Waals surface area contributed by atoms with Crippen LogP contribution in [0.5, 0.6) is 0 Å². The summed E-state index contributed by atoms with van der Waals surface area (Å²) in [7, 11) is -1.61. The van der Waals surface area contributed by atoms with E-state index in [9.17, 15) is 13.2 Å². The van der Waals surface area contributed by atoms with E-state index in [0.717, 1.165) is 5.56 Å². The molecular formula is C16H26N2O3S. The molecule has 0 aromatic heterocycles. The molecule has 1 rings (SSSR count). The van der Waals surface area contributed by atoms with Crippen LogP contribution in [0.1, 0.15) is 32.8 Å². The summed E-state index contributed by atoms with van der Waals surface area (Å²) in [4.78, 5) is 13.8. The van der Waals surface area contributed by atoms with E-state index >= 15 is 0 Å². The molecule has 0 bridgehead atoms. The van der Waals surface area contributed by atoms with Crippen LogP contribution in [0.2, 0.25) is 0 Å². The van der Waals surface area contributed by atoms with Crippen LogP contribution in [-0.4, -0.2) is 48.9 Å². The SMILES string of the molecule is CN(Cc1ccccc1)C(=O)CCN(C(C)(C)C)S(C)(=O)=O. The van der Waals surface area contributed by atoms with Crippen molar-refractivity contribution in [2.24, 2.45) is 0 Å². The second kappa shape index (κ2) is 7.24. The zero-order chi connectivity index (χ0) is 17.0. The van der Waals surface area contributed by atoms with Gasteiger partial charge in [-0.15, -0.1) is 0 Å². The van der Waals surface area contributed by atoms with E-state index in [2.05, 4.69) is 0 Å². The van der Waals surface area contributed by atoms with Crippen molar-refractivity contribution in [2.45, 2.75) is 39.3 Å². The normalized spacial score (nSPS) is 12.5. The molecule has 0 aliphatic rings. The quantitative estimate of drug-likeness (QED) is 0.804. The molecule has 1 aromatic carbocycles. The molecular weight excluding hydrogens is 300 g/mol. The molecule has 124 valence electrons. The lowest BCUT2D eigenvalue weighted by Crippen LogP contribution is -2.46. The molecule has 0 spiro atoms. The maximum atomic E-state index is 12.2. The van der Waals surface area contributed by atoms with Crippen LogP contribution in [0, 0.1) is 0 Å². The lowest BCUT2D eigenvalue weighted by atomic mass is 10.1. The Hall–Kier alpha value is -1.40. The summed E-state index contributed by atoms with van der Waals surface area (Å²) in [5.41, 5.74) is 0.514. The minimum absolute atomic E-state index is 0.0678. The highest BCUT2D eigenvalue weighted by molar-refractivity contribution is 7.88. The van der Waals surface area contributed by atoms with Gasteiger partial charge in [0.15, 0.2) is 0 Å². The van der Waals surface area contributed by atoms with Crippen LogP contribution < -0.4 is 0 Å². The van der Waals surface area contributed by atoms with E-state index < -0.39 is 15.6 Å². The Bertz CT molecular complexity index is 592. The number of nitrogens with zero attached hydrogens (tertiary/aromatic N) is 2. The van der Waals surface area contributed by atoms with Crippen LogP contribution in [0.3, 0.4) is 0 Å². The topological polar surface area (TPSA) is 57.7 Å². The van der Waals surface area contributed by atoms with Crippen molar-refractivity contribution in [1.29, 1.82) is 0 Å². The Morgan fingerprint density at radius 2 is 1.68 bits per heavy atom. The van der Waals surface area contributed by atoms with E-state index in [1.165, 1.54) is 10.6 Å². The highest BCUT2D eigenvalue weighted by atomic mass is 32.2. The van der Waals surface area contributed by atoms with Crippen LogP contribution in [-0.2, 0) is 21.4 Å². The summed E-state index contributed by atoms with van der Waals surface area (Å²) in [6.45, 7) is 6.19. The molecule has 0 radical (unpaired) electrons. The van der Waals surface area contributed by atoms with Gasteiger partial charge >= 0.3 is 0 Å². The van der Waals surface area contributed by atoms with Crippen LogP contribution in [0.25, 0.3) is 0 Å². The maximum Gasteiger partial charge on any atom is 0.223 e. The summed E-state index contributed by atoms with van der Waals surface area (Å²) < 4.78 is 25.1. The maximum absolute atomic E-state index is 12.2. The first-order valence-corrected chi connectivity index (χ1v) is 9.12. The number of carbonyl (C=O) groups excluding carboxylic acids is 1. The highest BCUT2D eigenvalue weighted by Gasteiger charge is 2.29. The van der Waals surface area contributed by atoms with Gasteiger partial charge in [-0.1, -0.05) is 30.3 Å². The summed E-state index contributed by atoms with van der Waals surface area (Å²) in [5, 5.41) is 0. The van der Waals surface area contributed by atoms with Gasteiger partial charge in [0.2, 0.25) is 15.9 Å². The molecule has 0 aliphatic heterocycles. The molecule has 0 saturated heterocycles. The second-order valence-electron chi connectivity index (χ2n) is 6.49. The number of amides is 1. The number of hydrogen-bond acceptors (Lipinski definition) is 3. The number of sulfonamides is 1. The van der Waals surface area contributed by atoms with Gasteiger partial charge in [0.25, 0.3) is 0 Å². The zero-order valence-electron chi connectivity index (χ0n) is 14.0. The van der Waals surface area contributed by atoms with Gasteiger partial charge in [-0.2, -0.15) is 4.31 Å². The number of carbonyl (C=O) groups is 1. The summed E-state index contributed by atoms with van der Waals surface area (Å²) in [6, 6.07) is 9.71. The molecule has 0 heterocycles. The van der Waals surface area contributed by atoms with E-state index in [-0.39, 0.29) is 18.9 Å². The molecule has 1 amide bonds. The molecule has 0 saturated carbocycles. The minimum Gasteiger partial charge on any atom is -0.341 e. The highest BCUT2D eigenvalue weighted by Crippen LogP contribution is 2.18. The van der Waals surface area contributed by atoms with E-state index in [0.29, 0.717) is 6.54 Å². The Balaban J connectivity index is 2.64. The van der Waals surface area contributed by atoms with E-state index in [4.69, 9.17) is 0 Å².